The van der Waals surface area contributed by atoms with E-state index in [1.54, 1.807) is 0 Å². The average molecular weight is 323 g/mol. The molecule has 2 atom stereocenters. The second kappa shape index (κ2) is 9.51. The first-order valence-corrected chi connectivity index (χ1v) is 9.87. The van der Waals surface area contributed by atoms with Crippen molar-refractivity contribution < 1.29 is 0 Å². The molecule has 4 heteroatoms. The van der Waals surface area contributed by atoms with Crippen molar-refractivity contribution >= 4 is 5.96 Å². The van der Waals surface area contributed by atoms with Crippen LogP contribution in [0.4, 0.5) is 0 Å². The molecule has 2 saturated heterocycles. The minimum atomic E-state index is 0.779. The molecule has 2 unspecified atom stereocenters. The number of nitrogens with one attached hydrogen (secondary N) is 1. The maximum atomic E-state index is 4.96. The molecular weight excluding hydrogens is 284 g/mol. The van der Waals surface area contributed by atoms with Crippen molar-refractivity contribution in [3.8, 4) is 0 Å². The molecule has 0 aromatic heterocycles. The normalized spacial score (nSPS) is 28.2. The van der Waals surface area contributed by atoms with Crippen LogP contribution < -0.4 is 5.32 Å². The van der Waals surface area contributed by atoms with Crippen LogP contribution in [0.25, 0.3) is 0 Å². The Kier molecular flexibility index (Phi) is 7.68. The van der Waals surface area contributed by atoms with E-state index in [0.717, 1.165) is 49.9 Å². The molecule has 4 nitrogen and oxygen atoms in total. The van der Waals surface area contributed by atoms with E-state index in [2.05, 4.69) is 42.8 Å². The minimum Gasteiger partial charge on any atom is -0.357 e. The van der Waals surface area contributed by atoms with Gasteiger partial charge in [-0.05, 0) is 70.0 Å². The molecule has 2 heterocycles. The van der Waals surface area contributed by atoms with Crippen LogP contribution >= 0.6 is 0 Å². The summed E-state index contributed by atoms with van der Waals surface area (Å²) in [6.45, 7) is 17.2. The molecule has 0 spiro atoms. The highest BCUT2D eigenvalue weighted by molar-refractivity contribution is 5.80. The topological polar surface area (TPSA) is 30.9 Å². The van der Waals surface area contributed by atoms with E-state index in [1.165, 1.54) is 45.3 Å². The van der Waals surface area contributed by atoms with Crippen LogP contribution in [0, 0.1) is 17.8 Å². The van der Waals surface area contributed by atoms with Gasteiger partial charge in [0.05, 0.1) is 0 Å². The molecule has 1 N–H and O–H groups in total. The number of hydrogen-bond donors (Lipinski definition) is 1. The quantitative estimate of drug-likeness (QED) is 0.623. The average Bonchev–Trinajstić information content (AvgIpc) is 2.54. The summed E-state index contributed by atoms with van der Waals surface area (Å²) in [6.07, 6.45) is 5.33. The molecule has 2 fully saturated rings. The Morgan fingerprint density at radius 1 is 1.09 bits per heavy atom. The van der Waals surface area contributed by atoms with Crippen LogP contribution in [0.1, 0.15) is 53.4 Å². The summed E-state index contributed by atoms with van der Waals surface area (Å²) < 4.78 is 0. The highest BCUT2D eigenvalue weighted by Gasteiger charge is 2.24. The fraction of sp³-hybridized carbons (Fsp3) is 0.947. The van der Waals surface area contributed by atoms with E-state index < -0.39 is 0 Å². The van der Waals surface area contributed by atoms with Gasteiger partial charge in [0, 0.05) is 26.2 Å². The van der Waals surface area contributed by atoms with Gasteiger partial charge >= 0.3 is 0 Å². The zero-order valence-electron chi connectivity index (χ0n) is 15.9. The molecule has 0 aromatic rings. The summed E-state index contributed by atoms with van der Waals surface area (Å²) in [5, 5.41) is 3.52. The van der Waals surface area contributed by atoms with Crippen molar-refractivity contribution in [2.45, 2.75) is 53.4 Å². The van der Waals surface area contributed by atoms with Crippen molar-refractivity contribution in [1.29, 1.82) is 0 Å². The molecular formula is C19H38N4. The van der Waals surface area contributed by atoms with Crippen molar-refractivity contribution in [3.63, 3.8) is 0 Å². The van der Waals surface area contributed by atoms with Crippen LogP contribution in [0.2, 0.25) is 0 Å². The van der Waals surface area contributed by atoms with E-state index in [-0.39, 0.29) is 0 Å². The molecule has 134 valence electrons. The summed E-state index contributed by atoms with van der Waals surface area (Å²) in [4.78, 5) is 10.0. The Balaban J connectivity index is 1.81. The smallest absolute Gasteiger partial charge is 0.193 e. The standard InChI is InChI=1S/C19H38N4/c1-5-20-19(23-14-16(3)13-17(4)15-23)21-10-7-18-8-11-22(6-2)12-9-18/h16-18H,5-15H2,1-4H3,(H,20,21). The van der Waals surface area contributed by atoms with Gasteiger partial charge in [0.15, 0.2) is 5.96 Å². The molecule has 23 heavy (non-hydrogen) atoms. The number of hydrogen-bond acceptors (Lipinski definition) is 2. The highest BCUT2D eigenvalue weighted by atomic mass is 15.3. The van der Waals surface area contributed by atoms with E-state index in [1.807, 2.05) is 0 Å². The van der Waals surface area contributed by atoms with Gasteiger partial charge in [-0.2, -0.15) is 0 Å². The third-order valence-corrected chi connectivity index (χ3v) is 5.46. The van der Waals surface area contributed by atoms with Gasteiger partial charge in [0.2, 0.25) is 0 Å². The highest BCUT2D eigenvalue weighted by Crippen LogP contribution is 2.22. The number of nitrogens with zero attached hydrogens (tertiary/aromatic N) is 3. The summed E-state index contributed by atoms with van der Waals surface area (Å²) in [5.41, 5.74) is 0. The van der Waals surface area contributed by atoms with Gasteiger partial charge in [-0.15, -0.1) is 0 Å². The summed E-state index contributed by atoms with van der Waals surface area (Å²) in [6, 6.07) is 0. The van der Waals surface area contributed by atoms with Crippen molar-refractivity contribution in [2.75, 3.05) is 45.8 Å². The van der Waals surface area contributed by atoms with Gasteiger partial charge in [0.1, 0.15) is 0 Å². The molecule has 2 aliphatic heterocycles. The number of piperidine rings is 2. The van der Waals surface area contributed by atoms with Crippen LogP contribution in [-0.2, 0) is 0 Å². The number of aliphatic imine (C=N–C) groups is 1. The van der Waals surface area contributed by atoms with E-state index in [4.69, 9.17) is 4.99 Å². The molecule has 0 amide bonds. The Hall–Kier alpha value is -0.770. The predicted molar refractivity (Wildman–Crippen MR) is 100.0 cm³/mol. The second-order valence-electron chi connectivity index (χ2n) is 7.75. The summed E-state index contributed by atoms with van der Waals surface area (Å²) in [5.74, 6) is 3.59. The fourth-order valence-corrected chi connectivity index (χ4v) is 4.21. The lowest BCUT2D eigenvalue weighted by atomic mass is 9.92. The maximum absolute atomic E-state index is 4.96. The van der Waals surface area contributed by atoms with E-state index in [0.29, 0.717) is 0 Å². The van der Waals surface area contributed by atoms with Crippen molar-refractivity contribution in [2.24, 2.45) is 22.7 Å². The summed E-state index contributed by atoms with van der Waals surface area (Å²) in [7, 11) is 0. The molecule has 2 rings (SSSR count). The molecule has 0 radical (unpaired) electrons. The van der Waals surface area contributed by atoms with Crippen molar-refractivity contribution in [3.05, 3.63) is 0 Å². The molecule has 0 bridgehead atoms. The lowest BCUT2D eigenvalue weighted by molar-refractivity contribution is 0.187. The van der Waals surface area contributed by atoms with Crippen LogP contribution in [0.5, 0.6) is 0 Å². The number of likely N-dealkylation sites (tertiary alicyclic amines) is 2. The van der Waals surface area contributed by atoms with Gasteiger partial charge in [-0.25, -0.2) is 0 Å². The first-order chi connectivity index (χ1) is 11.1. The number of guanidine groups is 1. The first kappa shape index (κ1) is 18.6. The maximum Gasteiger partial charge on any atom is 0.193 e. The van der Waals surface area contributed by atoms with E-state index in [9.17, 15) is 0 Å². The third-order valence-electron chi connectivity index (χ3n) is 5.46. The van der Waals surface area contributed by atoms with Crippen molar-refractivity contribution in [1.82, 2.24) is 15.1 Å². The monoisotopic (exact) mass is 322 g/mol. The number of rotatable bonds is 5. The van der Waals surface area contributed by atoms with Crippen LogP contribution in [-0.4, -0.2) is 61.6 Å². The zero-order chi connectivity index (χ0) is 16.7. The van der Waals surface area contributed by atoms with Crippen LogP contribution in [0.15, 0.2) is 4.99 Å². The SMILES string of the molecule is CCNC(=NCCC1CCN(CC)CC1)N1CC(C)CC(C)C1. The molecule has 0 saturated carbocycles. The van der Waals surface area contributed by atoms with Gasteiger partial charge < -0.3 is 15.1 Å². The van der Waals surface area contributed by atoms with Gasteiger partial charge in [-0.1, -0.05) is 20.8 Å². The Morgan fingerprint density at radius 2 is 1.74 bits per heavy atom. The van der Waals surface area contributed by atoms with Crippen LogP contribution in [0.3, 0.4) is 0 Å². The predicted octanol–water partition coefficient (Wildman–Crippen LogP) is 3.05. The Bertz CT molecular complexity index is 350. The van der Waals surface area contributed by atoms with Gasteiger partial charge in [0.25, 0.3) is 0 Å². The lowest BCUT2D eigenvalue weighted by Gasteiger charge is -2.37. The Labute approximate surface area is 143 Å². The zero-order valence-corrected chi connectivity index (χ0v) is 15.9. The molecule has 2 aliphatic rings. The molecule has 0 aliphatic carbocycles. The minimum absolute atomic E-state index is 0.779. The first-order valence-electron chi connectivity index (χ1n) is 9.87. The third kappa shape index (κ3) is 5.98. The van der Waals surface area contributed by atoms with Gasteiger partial charge in [-0.3, -0.25) is 4.99 Å². The fourth-order valence-electron chi connectivity index (χ4n) is 4.21. The Morgan fingerprint density at radius 3 is 2.30 bits per heavy atom. The summed E-state index contributed by atoms with van der Waals surface area (Å²) >= 11 is 0. The van der Waals surface area contributed by atoms with E-state index >= 15 is 0 Å². The molecule has 0 aromatic carbocycles. The largest absolute Gasteiger partial charge is 0.357 e. The lowest BCUT2D eigenvalue weighted by Crippen LogP contribution is -2.48. The second-order valence-corrected chi connectivity index (χ2v) is 7.75.